The van der Waals surface area contributed by atoms with Crippen LogP contribution in [-0.2, 0) is 5.41 Å². The van der Waals surface area contributed by atoms with Crippen LogP contribution in [0.5, 0.6) is 5.75 Å². The van der Waals surface area contributed by atoms with Crippen LogP contribution in [0.3, 0.4) is 0 Å². The molecule has 2 aromatic heterocycles. The maximum Gasteiger partial charge on any atom is 0.149 e. The standard InChI is InChI=1S/C40H33N3O/c1-40(2,3)31-24-29(23-30(25-31)35-26-28(21-22-41-35)27-13-6-4-7-14-27)33-18-12-19-36-38(33)42-39(34-17-10-11-20-37(34)44)43(36)32-15-8-5-9-16-32/h4-26,44H,1-3H3. The van der Waals surface area contributed by atoms with Crippen LogP contribution in [0.15, 0.2) is 140 Å². The third-order valence-electron chi connectivity index (χ3n) is 8.12. The SMILES string of the molecule is CC(C)(C)c1cc(-c2cc(-c3ccccc3)ccn2)cc(-c2cccc3c2nc(-c2ccccc2O)n3-c2ccccc2)c1. The lowest BCUT2D eigenvalue weighted by Gasteiger charge is -2.22. The van der Waals surface area contributed by atoms with Crippen molar-refractivity contribution in [3.63, 3.8) is 0 Å². The van der Waals surface area contributed by atoms with E-state index in [4.69, 9.17) is 9.97 Å². The normalized spacial score (nSPS) is 11.6. The van der Waals surface area contributed by atoms with E-state index in [0.29, 0.717) is 11.4 Å². The van der Waals surface area contributed by atoms with Crippen molar-refractivity contribution >= 4 is 11.0 Å². The molecule has 214 valence electrons. The lowest BCUT2D eigenvalue weighted by atomic mass is 9.83. The first-order valence-electron chi connectivity index (χ1n) is 14.9. The van der Waals surface area contributed by atoms with Crippen LogP contribution in [0.4, 0.5) is 0 Å². The number of benzene rings is 5. The van der Waals surface area contributed by atoms with Gasteiger partial charge in [-0.2, -0.15) is 0 Å². The maximum absolute atomic E-state index is 10.9. The Morgan fingerprint density at radius 1 is 0.591 bits per heavy atom. The maximum atomic E-state index is 10.9. The molecule has 4 nitrogen and oxygen atoms in total. The molecule has 0 radical (unpaired) electrons. The Kier molecular flexibility index (Phi) is 6.83. The Hall–Kier alpha value is -5.48. The molecule has 4 heteroatoms. The molecule has 0 saturated heterocycles. The highest BCUT2D eigenvalue weighted by Crippen LogP contribution is 2.39. The average Bonchev–Trinajstić information content (AvgIpc) is 3.45. The summed E-state index contributed by atoms with van der Waals surface area (Å²) in [6.45, 7) is 6.72. The summed E-state index contributed by atoms with van der Waals surface area (Å²) in [7, 11) is 0. The fraction of sp³-hybridized carbons (Fsp3) is 0.100. The fourth-order valence-corrected chi connectivity index (χ4v) is 5.78. The topological polar surface area (TPSA) is 50.9 Å². The second kappa shape index (κ2) is 11.0. The number of fused-ring (bicyclic) bond motifs is 1. The Bertz CT molecular complexity index is 2110. The molecule has 0 fully saturated rings. The smallest absolute Gasteiger partial charge is 0.149 e. The molecule has 2 heterocycles. The van der Waals surface area contributed by atoms with Gasteiger partial charge in [-0.05, 0) is 82.3 Å². The number of pyridine rings is 1. The van der Waals surface area contributed by atoms with Crippen LogP contribution in [0, 0.1) is 0 Å². The fourth-order valence-electron chi connectivity index (χ4n) is 5.78. The van der Waals surface area contributed by atoms with Gasteiger partial charge < -0.3 is 5.11 Å². The molecule has 0 unspecified atom stereocenters. The third-order valence-corrected chi connectivity index (χ3v) is 8.12. The molecule has 5 aromatic carbocycles. The highest BCUT2D eigenvalue weighted by molar-refractivity contribution is 5.96. The second-order valence-electron chi connectivity index (χ2n) is 12.1. The van der Waals surface area contributed by atoms with Crippen molar-refractivity contribution in [3.05, 3.63) is 145 Å². The molecule has 0 aliphatic heterocycles. The van der Waals surface area contributed by atoms with Crippen LogP contribution in [0.1, 0.15) is 26.3 Å². The van der Waals surface area contributed by atoms with E-state index >= 15 is 0 Å². The Labute approximate surface area is 258 Å². The first kappa shape index (κ1) is 27.4. The van der Waals surface area contributed by atoms with E-state index in [0.717, 1.165) is 50.2 Å². The van der Waals surface area contributed by atoms with Crippen LogP contribution in [-0.4, -0.2) is 19.6 Å². The molecule has 0 bridgehead atoms. The molecule has 7 aromatic rings. The van der Waals surface area contributed by atoms with Gasteiger partial charge >= 0.3 is 0 Å². The minimum atomic E-state index is -0.0833. The van der Waals surface area contributed by atoms with Gasteiger partial charge in [-0.25, -0.2) is 4.98 Å². The minimum Gasteiger partial charge on any atom is -0.507 e. The molecular weight excluding hydrogens is 538 g/mol. The van der Waals surface area contributed by atoms with Gasteiger partial charge in [0.15, 0.2) is 0 Å². The highest BCUT2D eigenvalue weighted by Gasteiger charge is 2.22. The summed E-state index contributed by atoms with van der Waals surface area (Å²) in [5, 5.41) is 10.9. The van der Waals surface area contributed by atoms with E-state index in [1.165, 1.54) is 5.56 Å². The average molecular weight is 572 g/mol. The number of hydrogen-bond acceptors (Lipinski definition) is 3. The first-order valence-corrected chi connectivity index (χ1v) is 14.9. The van der Waals surface area contributed by atoms with Gasteiger partial charge in [0.2, 0.25) is 0 Å². The molecule has 44 heavy (non-hydrogen) atoms. The lowest BCUT2D eigenvalue weighted by molar-refractivity contribution is 0.477. The van der Waals surface area contributed by atoms with Gasteiger partial charge in [0.1, 0.15) is 11.6 Å². The summed E-state index contributed by atoms with van der Waals surface area (Å²) < 4.78 is 2.13. The van der Waals surface area contributed by atoms with Crippen LogP contribution < -0.4 is 0 Å². The largest absolute Gasteiger partial charge is 0.507 e. The number of hydrogen-bond donors (Lipinski definition) is 1. The molecule has 0 amide bonds. The van der Waals surface area contributed by atoms with Crippen molar-refractivity contribution in [2.24, 2.45) is 0 Å². The van der Waals surface area contributed by atoms with Gasteiger partial charge in [0, 0.05) is 23.0 Å². The monoisotopic (exact) mass is 571 g/mol. The number of phenols is 1. The highest BCUT2D eigenvalue weighted by atomic mass is 16.3. The summed E-state index contributed by atoms with van der Waals surface area (Å²) in [5.74, 6) is 0.893. The number of imidazole rings is 1. The number of aromatic hydroxyl groups is 1. The van der Waals surface area contributed by atoms with E-state index in [-0.39, 0.29) is 11.2 Å². The number of aromatic nitrogens is 3. The third kappa shape index (κ3) is 5.05. The molecule has 7 rings (SSSR count). The molecule has 0 aliphatic rings. The molecular formula is C40H33N3O. The first-order chi connectivity index (χ1) is 21.4. The zero-order valence-corrected chi connectivity index (χ0v) is 25.1. The summed E-state index contributed by atoms with van der Waals surface area (Å²) in [6, 6.07) is 45.3. The number of rotatable bonds is 5. The van der Waals surface area contributed by atoms with Crippen LogP contribution >= 0.6 is 0 Å². The Balaban J connectivity index is 1.46. The molecule has 1 N–H and O–H groups in total. The Morgan fingerprint density at radius 3 is 2.02 bits per heavy atom. The number of nitrogens with zero attached hydrogens (tertiary/aromatic N) is 3. The quantitative estimate of drug-likeness (QED) is 0.224. The van der Waals surface area contributed by atoms with E-state index < -0.39 is 0 Å². The van der Waals surface area contributed by atoms with E-state index in [1.54, 1.807) is 6.07 Å². The van der Waals surface area contributed by atoms with Gasteiger partial charge in [-0.3, -0.25) is 9.55 Å². The zero-order valence-electron chi connectivity index (χ0n) is 25.1. The van der Waals surface area contributed by atoms with Gasteiger partial charge in [-0.15, -0.1) is 0 Å². The van der Waals surface area contributed by atoms with E-state index in [1.807, 2.05) is 48.7 Å². The van der Waals surface area contributed by atoms with Crippen LogP contribution in [0.25, 0.3) is 61.6 Å². The molecule has 0 spiro atoms. The second-order valence-corrected chi connectivity index (χ2v) is 12.1. The van der Waals surface area contributed by atoms with Crippen molar-refractivity contribution in [2.75, 3.05) is 0 Å². The predicted molar refractivity (Wildman–Crippen MR) is 181 cm³/mol. The van der Waals surface area contributed by atoms with E-state index in [2.05, 4.69) is 110 Å². The number of phenolic OH excluding ortho intramolecular Hbond substituents is 1. The predicted octanol–water partition coefficient (Wildman–Crippen LogP) is 10.1. The van der Waals surface area contributed by atoms with Gasteiger partial charge in [-0.1, -0.05) is 99.6 Å². The van der Waals surface area contributed by atoms with Crippen molar-refractivity contribution in [3.8, 4) is 56.3 Å². The Morgan fingerprint density at radius 2 is 1.27 bits per heavy atom. The molecule has 0 atom stereocenters. The van der Waals surface area contributed by atoms with Crippen LogP contribution in [0.2, 0.25) is 0 Å². The minimum absolute atomic E-state index is 0.0833. The summed E-state index contributed by atoms with van der Waals surface area (Å²) in [5.41, 5.74) is 11.0. The van der Waals surface area contributed by atoms with Gasteiger partial charge in [0.25, 0.3) is 0 Å². The van der Waals surface area contributed by atoms with E-state index in [9.17, 15) is 5.11 Å². The van der Waals surface area contributed by atoms with Crippen molar-refractivity contribution in [2.45, 2.75) is 26.2 Å². The van der Waals surface area contributed by atoms with Crippen molar-refractivity contribution < 1.29 is 5.11 Å². The van der Waals surface area contributed by atoms with Crippen molar-refractivity contribution in [1.29, 1.82) is 0 Å². The van der Waals surface area contributed by atoms with Gasteiger partial charge in [0.05, 0.1) is 22.3 Å². The zero-order chi connectivity index (χ0) is 30.3. The molecule has 0 saturated carbocycles. The summed E-state index contributed by atoms with van der Waals surface area (Å²) in [6.07, 6.45) is 1.89. The summed E-state index contributed by atoms with van der Waals surface area (Å²) in [4.78, 5) is 10.0. The number of para-hydroxylation sites is 3. The lowest BCUT2D eigenvalue weighted by Crippen LogP contribution is -2.11. The molecule has 0 aliphatic carbocycles. The van der Waals surface area contributed by atoms with Crippen molar-refractivity contribution in [1.82, 2.24) is 14.5 Å². The summed E-state index contributed by atoms with van der Waals surface area (Å²) >= 11 is 0.